The van der Waals surface area contributed by atoms with E-state index in [0.717, 1.165) is 11.3 Å². The molecule has 0 aliphatic carbocycles. The Morgan fingerprint density at radius 1 is 1.30 bits per heavy atom. The van der Waals surface area contributed by atoms with Gasteiger partial charge in [0.25, 0.3) is 0 Å². The molecule has 0 saturated carbocycles. The van der Waals surface area contributed by atoms with Crippen LogP contribution in [0.1, 0.15) is 43.6 Å². The Morgan fingerprint density at radius 2 is 2.04 bits per heavy atom. The molecule has 0 radical (unpaired) electrons. The lowest BCUT2D eigenvalue weighted by molar-refractivity contribution is 0.0501. The minimum atomic E-state index is -0.603. The monoisotopic (exact) mass is 363 g/mol. The van der Waals surface area contributed by atoms with Crippen LogP contribution in [0.25, 0.3) is 5.65 Å². The lowest BCUT2D eigenvalue weighted by Gasteiger charge is -2.24. The number of rotatable bonds is 4. The zero-order valence-electron chi connectivity index (χ0n) is 15.5. The third-order valence-corrected chi connectivity index (χ3v) is 3.88. The van der Waals surface area contributed by atoms with Crippen LogP contribution in [0.15, 0.2) is 48.8 Å². The van der Waals surface area contributed by atoms with Crippen LogP contribution in [-0.4, -0.2) is 26.3 Å². The summed E-state index contributed by atoms with van der Waals surface area (Å²) in [5.74, 6) is 0. The summed E-state index contributed by atoms with van der Waals surface area (Å²) in [6.07, 6.45) is 3.11. The quantitative estimate of drug-likeness (QED) is 0.767. The summed E-state index contributed by atoms with van der Waals surface area (Å²) in [5, 5.41) is 16.4. The standard InChI is InChI=1S/C20H21N5O2/c1-20(2,3)27-19(26)24-16(11-14-7-5-4-6-8-14)17-9-10-22-18-15(12-21)13-23-25(17)18/h4-10,13,16H,11H2,1-3H3,(H,24,26)/t16-/m0/s1. The summed E-state index contributed by atoms with van der Waals surface area (Å²) >= 11 is 0. The molecular weight excluding hydrogens is 342 g/mol. The van der Waals surface area contributed by atoms with Crippen LogP contribution < -0.4 is 5.32 Å². The van der Waals surface area contributed by atoms with Gasteiger partial charge >= 0.3 is 6.09 Å². The first-order valence-electron chi connectivity index (χ1n) is 8.63. The van der Waals surface area contributed by atoms with Crippen molar-refractivity contribution in [3.63, 3.8) is 0 Å². The topological polar surface area (TPSA) is 92.3 Å². The first kappa shape index (κ1) is 18.4. The maximum atomic E-state index is 12.4. The van der Waals surface area contributed by atoms with Gasteiger partial charge in [-0.2, -0.15) is 10.4 Å². The van der Waals surface area contributed by atoms with E-state index in [4.69, 9.17) is 4.74 Å². The maximum absolute atomic E-state index is 12.4. The van der Waals surface area contributed by atoms with E-state index in [2.05, 4.69) is 21.5 Å². The van der Waals surface area contributed by atoms with Gasteiger partial charge in [-0.05, 0) is 38.8 Å². The van der Waals surface area contributed by atoms with Crippen molar-refractivity contribution < 1.29 is 9.53 Å². The first-order valence-corrected chi connectivity index (χ1v) is 8.63. The third kappa shape index (κ3) is 4.42. The average Bonchev–Trinajstić information content (AvgIpc) is 3.03. The number of alkyl carbamates (subject to hydrolysis) is 1. The largest absolute Gasteiger partial charge is 0.444 e. The number of ether oxygens (including phenoxy) is 1. The minimum Gasteiger partial charge on any atom is -0.444 e. The zero-order chi connectivity index (χ0) is 19.4. The Labute approximate surface area is 157 Å². The molecule has 138 valence electrons. The van der Waals surface area contributed by atoms with Crippen molar-refractivity contribution in [2.75, 3.05) is 0 Å². The number of benzene rings is 1. The van der Waals surface area contributed by atoms with Crippen molar-refractivity contribution in [1.82, 2.24) is 19.9 Å². The summed E-state index contributed by atoms with van der Waals surface area (Å²) in [5.41, 5.74) is 2.01. The van der Waals surface area contributed by atoms with Gasteiger partial charge in [0.15, 0.2) is 5.65 Å². The van der Waals surface area contributed by atoms with E-state index in [1.165, 1.54) is 6.20 Å². The van der Waals surface area contributed by atoms with Crippen LogP contribution in [0.3, 0.4) is 0 Å². The van der Waals surface area contributed by atoms with E-state index >= 15 is 0 Å². The predicted molar refractivity (Wildman–Crippen MR) is 100.0 cm³/mol. The highest BCUT2D eigenvalue weighted by Crippen LogP contribution is 2.21. The summed E-state index contributed by atoms with van der Waals surface area (Å²) in [4.78, 5) is 16.6. The molecule has 1 atom stereocenters. The summed E-state index contributed by atoms with van der Waals surface area (Å²) in [6.45, 7) is 5.45. The molecule has 2 heterocycles. The molecule has 7 heteroatoms. The number of nitrogens with zero attached hydrogens (tertiary/aromatic N) is 4. The van der Waals surface area contributed by atoms with Gasteiger partial charge in [0.2, 0.25) is 0 Å². The van der Waals surface area contributed by atoms with E-state index in [-0.39, 0.29) is 0 Å². The van der Waals surface area contributed by atoms with E-state index in [0.29, 0.717) is 17.6 Å². The molecule has 27 heavy (non-hydrogen) atoms. The molecule has 1 aromatic carbocycles. The van der Waals surface area contributed by atoms with Gasteiger partial charge in [-0.15, -0.1) is 0 Å². The van der Waals surface area contributed by atoms with Gasteiger partial charge in [-0.25, -0.2) is 14.3 Å². The molecule has 7 nitrogen and oxygen atoms in total. The lowest BCUT2D eigenvalue weighted by atomic mass is 10.0. The van der Waals surface area contributed by atoms with Crippen molar-refractivity contribution >= 4 is 11.7 Å². The van der Waals surface area contributed by atoms with Crippen molar-refractivity contribution in [1.29, 1.82) is 5.26 Å². The van der Waals surface area contributed by atoms with E-state index in [1.807, 2.05) is 51.1 Å². The Balaban J connectivity index is 1.98. The Bertz CT molecular complexity index is 983. The van der Waals surface area contributed by atoms with Gasteiger partial charge < -0.3 is 10.1 Å². The van der Waals surface area contributed by atoms with Crippen molar-refractivity contribution in [2.24, 2.45) is 0 Å². The number of carbonyl (C=O) groups is 1. The minimum absolute atomic E-state index is 0.382. The fourth-order valence-corrected chi connectivity index (χ4v) is 2.78. The van der Waals surface area contributed by atoms with Crippen LogP contribution in [0, 0.1) is 11.3 Å². The van der Waals surface area contributed by atoms with Gasteiger partial charge in [-0.3, -0.25) is 0 Å². The molecule has 2 aromatic heterocycles. The molecule has 3 rings (SSSR count). The Kier molecular flexibility index (Phi) is 5.08. The average molecular weight is 363 g/mol. The van der Waals surface area contributed by atoms with Gasteiger partial charge in [0.05, 0.1) is 17.9 Å². The Morgan fingerprint density at radius 3 is 2.70 bits per heavy atom. The number of hydrogen-bond acceptors (Lipinski definition) is 5. The SMILES string of the molecule is CC(C)(C)OC(=O)N[C@@H](Cc1ccccc1)c1ccnc2c(C#N)cnn12. The van der Waals surface area contributed by atoms with Crippen LogP contribution >= 0.6 is 0 Å². The molecule has 0 aliphatic heterocycles. The normalized spacial score (nSPS) is 12.4. The van der Waals surface area contributed by atoms with Gasteiger partial charge in [0, 0.05) is 6.20 Å². The number of nitriles is 1. The number of aromatic nitrogens is 3. The highest BCUT2D eigenvalue weighted by Gasteiger charge is 2.23. The number of carbonyl (C=O) groups excluding carboxylic acids is 1. The fraction of sp³-hybridized carbons (Fsp3) is 0.300. The van der Waals surface area contributed by atoms with Gasteiger partial charge in [-0.1, -0.05) is 30.3 Å². The van der Waals surface area contributed by atoms with Crippen LogP contribution in [0.4, 0.5) is 4.79 Å². The summed E-state index contributed by atoms with van der Waals surface area (Å²) in [6, 6.07) is 13.3. The molecule has 0 fully saturated rings. The second-order valence-electron chi connectivity index (χ2n) is 7.16. The van der Waals surface area contributed by atoms with Crippen molar-refractivity contribution in [2.45, 2.75) is 38.8 Å². The smallest absolute Gasteiger partial charge is 0.408 e. The molecule has 1 amide bonds. The molecule has 0 unspecified atom stereocenters. The van der Waals surface area contributed by atoms with Crippen LogP contribution in [-0.2, 0) is 11.2 Å². The van der Waals surface area contributed by atoms with E-state index in [9.17, 15) is 10.1 Å². The first-order chi connectivity index (χ1) is 12.9. The fourth-order valence-electron chi connectivity index (χ4n) is 2.78. The van der Waals surface area contributed by atoms with Gasteiger partial charge in [0.1, 0.15) is 17.2 Å². The van der Waals surface area contributed by atoms with Crippen LogP contribution in [0.5, 0.6) is 0 Å². The maximum Gasteiger partial charge on any atom is 0.408 e. The van der Waals surface area contributed by atoms with Crippen molar-refractivity contribution in [3.05, 3.63) is 65.6 Å². The van der Waals surface area contributed by atoms with E-state index in [1.54, 1.807) is 16.8 Å². The highest BCUT2D eigenvalue weighted by molar-refractivity contribution is 5.68. The molecule has 0 bridgehead atoms. The number of amides is 1. The summed E-state index contributed by atoms with van der Waals surface area (Å²) < 4.78 is 7.00. The van der Waals surface area contributed by atoms with Crippen LogP contribution in [0.2, 0.25) is 0 Å². The highest BCUT2D eigenvalue weighted by atomic mass is 16.6. The molecule has 0 spiro atoms. The second kappa shape index (κ2) is 7.46. The number of fused-ring (bicyclic) bond motifs is 1. The third-order valence-electron chi connectivity index (χ3n) is 3.88. The second-order valence-corrected chi connectivity index (χ2v) is 7.16. The number of nitrogens with one attached hydrogen (secondary N) is 1. The number of hydrogen-bond donors (Lipinski definition) is 1. The molecule has 1 N–H and O–H groups in total. The van der Waals surface area contributed by atoms with E-state index < -0.39 is 17.7 Å². The molecule has 3 aromatic rings. The molecule has 0 saturated heterocycles. The lowest BCUT2D eigenvalue weighted by Crippen LogP contribution is -2.36. The molecule has 0 aliphatic rings. The predicted octanol–water partition coefficient (Wildman–Crippen LogP) is 3.41. The Hall–Kier alpha value is -3.40. The summed E-state index contributed by atoms with van der Waals surface area (Å²) in [7, 11) is 0. The zero-order valence-corrected chi connectivity index (χ0v) is 15.5. The molecular formula is C20H21N5O2. The van der Waals surface area contributed by atoms with Crippen molar-refractivity contribution in [3.8, 4) is 6.07 Å².